The van der Waals surface area contributed by atoms with Crippen molar-refractivity contribution in [1.29, 1.82) is 0 Å². The molecule has 1 saturated heterocycles. The number of phenols is 2. The number of nitrogens with zero attached hydrogens (tertiary/aromatic N) is 3. The first-order valence-electron chi connectivity index (χ1n) is 11.8. The van der Waals surface area contributed by atoms with Gasteiger partial charge in [-0.25, -0.2) is 0 Å². The number of fused-ring (bicyclic) bond motifs is 3. The fraction of sp³-hybridized carbons (Fsp3) is 0.440. The highest BCUT2D eigenvalue weighted by Gasteiger charge is 2.47. The average molecular weight is 511 g/mol. The van der Waals surface area contributed by atoms with Gasteiger partial charge in [-0.15, -0.1) is 0 Å². The first-order chi connectivity index (χ1) is 17.6. The Morgan fingerprint density at radius 1 is 1.16 bits per heavy atom. The Kier molecular flexibility index (Phi) is 6.19. The number of aromatic hydroxyl groups is 2. The fourth-order valence-electron chi connectivity index (χ4n) is 5.52. The summed E-state index contributed by atoms with van der Waals surface area (Å²) in [5.41, 5.74) is 6.29. The third-order valence-corrected chi connectivity index (χ3v) is 7.32. The van der Waals surface area contributed by atoms with Crippen molar-refractivity contribution >= 4 is 11.6 Å². The van der Waals surface area contributed by atoms with Gasteiger partial charge in [0.25, 0.3) is 0 Å². The van der Waals surface area contributed by atoms with Crippen molar-refractivity contribution in [1.82, 2.24) is 0 Å². The molecule has 3 aliphatic rings. The molecule has 0 radical (unpaired) electrons. The van der Waals surface area contributed by atoms with Crippen LogP contribution in [0.4, 0.5) is 0 Å². The van der Waals surface area contributed by atoms with Gasteiger partial charge >= 0.3 is 0 Å². The molecule has 2 aliphatic carbocycles. The molecule has 2 aromatic rings. The van der Waals surface area contributed by atoms with E-state index in [0.717, 1.165) is 0 Å². The number of hydrogen-bond donors (Lipinski definition) is 5. The molecular formula is C25H25N3O9. The van der Waals surface area contributed by atoms with Gasteiger partial charge in [-0.1, -0.05) is 29.4 Å². The first kappa shape index (κ1) is 25.2. The van der Waals surface area contributed by atoms with Crippen molar-refractivity contribution in [3.63, 3.8) is 0 Å². The molecule has 5 rings (SSSR count). The second-order valence-electron chi connectivity index (χ2n) is 9.70. The lowest BCUT2D eigenvalue weighted by Crippen LogP contribution is -2.48. The van der Waals surface area contributed by atoms with E-state index >= 15 is 0 Å². The molecule has 0 bridgehead atoms. The van der Waals surface area contributed by atoms with Crippen LogP contribution in [0.2, 0.25) is 0 Å². The summed E-state index contributed by atoms with van der Waals surface area (Å²) in [6.45, 7) is 0.862. The molecule has 1 fully saturated rings. The topological polar surface area (TPSA) is 203 Å². The third-order valence-electron chi connectivity index (χ3n) is 7.32. The SMILES string of the molecule is C[C@@H]1O[C@@H](O[C@H]2C[C@](O)(CO)Cc3c(O)c4c(c(O)c32)C(=O)c2ccccc2C4=O)C[C@H](O)[C@@H]1N=[N+]=[N-]. The first-order valence-corrected chi connectivity index (χ1v) is 11.8. The van der Waals surface area contributed by atoms with Gasteiger partial charge in [0.2, 0.25) is 0 Å². The Labute approximate surface area is 210 Å². The maximum absolute atomic E-state index is 13.3. The zero-order valence-corrected chi connectivity index (χ0v) is 19.7. The van der Waals surface area contributed by atoms with E-state index in [1.165, 1.54) is 12.1 Å². The minimum Gasteiger partial charge on any atom is -0.507 e. The Morgan fingerprint density at radius 2 is 1.78 bits per heavy atom. The minimum absolute atomic E-state index is 0.0159. The van der Waals surface area contributed by atoms with Crippen molar-refractivity contribution < 1.29 is 44.6 Å². The second-order valence-corrected chi connectivity index (χ2v) is 9.70. The Hall–Kier alpha value is -3.51. The maximum atomic E-state index is 13.3. The summed E-state index contributed by atoms with van der Waals surface area (Å²) in [7, 11) is 0. The maximum Gasteiger partial charge on any atom is 0.198 e. The molecule has 0 amide bonds. The monoisotopic (exact) mass is 511 g/mol. The van der Waals surface area contributed by atoms with E-state index in [-0.39, 0.29) is 52.6 Å². The van der Waals surface area contributed by atoms with E-state index in [1.54, 1.807) is 19.1 Å². The molecule has 1 aliphatic heterocycles. The van der Waals surface area contributed by atoms with E-state index in [0.29, 0.717) is 0 Å². The van der Waals surface area contributed by atoms with Crippen molar-refractivity contribution in [2.45, 2.75) is 62.4 Å². The normalized spacial score (nSPS) is 30.6. The van der Waals surface area contributed by atoms with E-state index in [1.807, 2.05) is 0 Å². The summed E-state index contributed by atoms with van der Waals surface area (Å²) in [5.74, 6) is -2.47. The van der Waals surface area contributed by atoms with Gasteiger partial charge in [0.1, 0.15) is 11.5 Å². The number of ketones is 2. The van der Waals surface area contributed by atoms with Gasteiger partial charge in [-0.2, -0.15) is 0 Å². The van der Waals surface area contributed by atoms with E-state index < -0.39 is 65.9 Å². The highest BCUT2D eigenvalue weighted by molar-refractivity contribution is 6.30. The molecule has 37 heavy (non-hydrogen) atoms. The largest absolute Gasteiger partial charge is 0.507 e. The van der Waals surface area contributed by atoms with Gasteiger partial charge < -0.3 is 35.0 Å². The van der Waals surface area contributed by atoms with E-state index in [9.17, 15) is 35.1 Å². The summed E-state index contributed by atoms with van der Waals surface area (Å²) in [5, 5.41) is 57.4. The number of carbonyl (C=O) groups is 2. The number of aliphatic hydroxyl groups excluding tert-OH is 2. The number of rotatable bonds is 4. The highest BCUT2D eigenvalue weighted by Crippen LogP contribution is 2.51. The van der Waals surface area contributed by atoms with Crippen LogP contribution in [0.15, 0.2) is 29.4 Å². The van der Waals surface area contributed by atoms with Crippen molar-refractivity contribution in [2.24, 2.45) is 5.11 Å². The van der Waals surface area contributed by atoms with Gasteiger partial charge in [-0.3, -0.25) is 9.59 Å². The molecular weight excluding hydrogens is 486 g/mol. The fourth-order valence-corrected chi connectivity index (χ4v) is 5.52. The van der Waals surface area contributed by atoms with Crippen LogP contribution < -0.4 is 0 Å². The Bertz CT molecular complexity index is 1340. The van der Waals surface area contributed by atoms with Crippen LogP contribution in [0.5, 0.6) is 11.5 Å². The third kappa shape index (κ3) is 3.95. The quantitative estimate of drug-likeness (QED) is 0.150. The molecule has 1 heterocycles. The van der Waals surface area contributed by atoms with Gasteiger partial charge in [0, 0.05) is 46.4 Å². The molecule has 2 aromatic carbocycles. The summed E-state index contributed by atoms with van der Waals surface area (Å²) in [6, 6.07) is 5.19. The van der Waals surface area contributed by atoms with Crippen molar-refractivity contribution in [2.75, 3.05) is 6.61 Å². The number of azide groups is 1. The molecule has 5 N–H and O–H groups in total. The predicted molar refractivity (Wildman–Crippen MR) is 125 cm³/mol. The summed E-state index contributed by atoms with van der Waals surface area (Å²) < 4.78 is 11.8. The molecule has 0 spiro atoms. The molecule has 12 heteroatoms. The number of ether oxygens (including phenoxy) is 2. The van der Waals surface area contributed by atoms with E-state index in [2.05, 4.69) is 10.0 Å². The highest BCUT2D eigenvalue weighted by atomic mass is 16.7. The molecule has 0 aromatic heterocycles. The molecule has 12 nitrogen and oxygen atoms in total. The lowest BCUT2D eigenvalue weighted by molar-refractivity contribution is -0.245. The smallest absolute Gasteiger partial charge is 0.198 e. The van der Waals surface area contributed by atoms with Crippen LogP contribution >= 0.6 is 0 Å². The lowest BCUT2D eigenvalue weighted by atomic mass is 9.73. The van der Waals surface area contributed by atoms with Crippen LogP contribution in [-0.4, -0.2) is 73.8 Å². The minimum atomic E-state index is -1.79. The number of benzene rings is 2. The Balaban J connectivity index is 1.60. The number of phenolic OH excluding ortho intramolecular Hbond substituents is 2. The molecule has 0 unspecified atom stereocenters. The average Bonchev–Trinajstić information content (AvgIpc) is 2.86. The zero-order chi connectivity index (χ0) is 26.6. The molecule has 6 atom stereocenters. The van der Waals surface area contributed by atoms with Gasteiger partial charge in [-0.05, 0) is 12.5 Å². The van der Waals surface area contributed by atoms with Crippen LogP contribution in [0, 0.1) is 0 Å². The van der Waals surface area contributed by atoms with Crippen LogP contribution in [0.1, 0.15) is 68.8 Å². The lowest BCUT2D eigenvalue weighted by Gasteiger charge is -2.42. The second kappa shape index (κ2) is 9.10. The Morgan fingerprint density at radius 3 is 2.35 bits per heavy atom. The molecule has 194 valence electrons. The molecule has 0 saturated carbocycles. The predicted octanol–water partition coefficient (Wildman–Crippen LogP) is 1.78. The number of aliphatic hydroxyl groups is 3. The number of carbonyl (C=O) groups excluding carboxylic acids is 2. The van der Waals surface area contributed by atoms with Crippen LogP contribution in [0.25, 0.3) is 10.4 Å². The van der Waals surface area contributed by atoms with Gasteiger partial charge in [0.05, 0.1) is 47.7 Å². The summed E-state index contributed by atoms with van der Waals surface area (Å²) in [4.78, 5) is 29.3. The standard InChI is InChI=1S/C25H25N3O9/c1-10-20(27-28-26)14(30)6-16(36-10)37-15-8-25(35,9-29)7-13-17(15)24(34)19-18(23(13)33)21(31)11-4-2-3-5-12(11)22(19)32/h2-5,10,14-16,20,29-30,33-35H,6-9H2,1H3/t10-,14-,15-,16-,20+,25-/m0/s1. The van der Waals surface area contributed by atoms with Crippen molar-refractivity contribution in [3.05, 3.63) is 68.1 Å². The van der Waals surface area contributed by atoms with Gasteiger partial charge in [0.15, 0.2) is 17.9 Å². The van der Waals surface area contributed by atoms with Crippen LogP contribution in [-0.2, 0) is 15.9 Å². The van der Waals surface area contributed by atoms with Crippen molar-refractivity contribution in [3.8, 4) is 11.5 Å². The summed E-state index contributed by atoms with van der Waals surface area (Å²) in [6.07, 6.45) is -4.79. The van der Waals surface area contributed by atoms with Crippen LogP contribution in [0.3, 0.4) is 0 Å². The van der Waals surface area contributed by atoms with E-state index in [4.69, 9.17) is 15.0 Å². The number of hydrogen-bond acceptors (Lipinski definition) is 10. The zero-order valence-electron chi connectivity index (χ0n) is 19.7. The summed E-state index contributed by atoms with van der Waals surface area (Å²) >= 11 is 0.